The quantitative estimate of drug-likeness (QED) is 0.592. The Morgan fingerprint density at radius 1 is 1.35 bits per heavy atom. The first kappa shape index (κ1) is 18.3. The van der Waals surface area contributed by atoms with Gasteiger partial charge in [-0.15, -0.1) is 0 Å². The third-order valence-electron chi connectivity index (χ3n) is 3.38. The Bertz CT molecular complexity index is 917. The van der Waals surface area contributed by atoms with Gasteiger partial charge in [-0.3, -0.25) is 4.79 Å². The Morgan fingerprint density at radius 2 is 2.19 bits per heavy atom. The number of hydrogen-bond acceptors (Lipinski definition) is 9. The molecule has 0 radical (unpaired) electrons. The van der Waals surface area contributed by atoms with E-state index in [4.69, 9.17) is 10.5 Å². The van der Waals surface area contributed by atoms with Gasteiger partial charge in [0.2, 0.25) is 11.9 Å². The zero-order valence-corrected chi connectivity index (χ0v) is 15.9. The number of nitrogen functional groups attached to an aromatic ring is 1. The number of thioether (sulfide) groups is 1. The Labute approximate surface area is 158 Å². The molecule has 0 aliphatic rings. The highest BCUT2D eigenvalue weighted by Crippen LogP contribution is 2.30. The third-order valence-corrected chi connectivity index (χ3v) is 5.55. The first-order chi connectivity index (χ1) is 12.6. The lowest BCUT2D eigenvalue weighted by atomic mass is 10.3. The maximum atomic E-state index is 12.6. The number of thiazole rings is 1. The van der Waals surface area contributed by atoms with Crippen LogP contribution >= 0.6 is 23.1 Å². The van der Waals surface area contributed by atoms with Crippen molar-refractivity contribution < 1.29 is 9.53 Å². The first-order valence-corrected chi connectivity index (χ1v) is 9.74. The van der Waals surface area contributed by atoms with Gasteiger partial charge in [-0.05, 0) is 31.5 Å². The summed E-state index contributed by atoms with van der Waals surface area (Å²) in [4.78, 5) is 28.8. The number of rotatable bonds is 7. The van der Waals surface area contributed by atoms with Crippen molar-refractivity contribution in [3.63, 3.8) is 0 Å². The molecule has 26 heavy (non-hydrogen) atoms. The summed E-state index contributed by atoms with van der Waals surface area (Å²) in [5.41, 5.74) is 6.38. The van der Waals surface area contributed by atoms with E-state index in [1.165, 1.54) is 29.4 Å². The zero-order chi connectivity index (χ0) is 18.5. The second-order valence-corrected chi connectivity index (χ2v) is 7.41. The van der Waals surface area contributed by atoms with Gasteiger partial charge < -0.3 is 15.8 Å². The largest absolute Gasteiger partial charge is 0.494 e. The van der Waals surface area contributed by atoms with Gasteiger partial charge >= 0.3 is 0 Å². The molecule has 136 valence electrons. The number of aromatic nitrogens is 4. The lowest BCUT2D eigenvalue weighted by Crippen LogP contribution is -2.24. The minimum Gasteiger partial charge on any atom is -0.494 e. The fraction of sp³-hybridized carbons (Fsp3) is 0.312. The molecule has 8 nitrogen and oxygen atoms in total. The molecular weight excluding hydrogens is 372 g/mol. The molecule has 0 fully saturated rings. The smallest absolute Gasteiger partial charge is 0.239 e. The molecule has 2 heterocycles. The summed E-state index contributed by atoms with van der Waals surface area (Å²) in [6.45, 7) is 4.46. The van der Waals surface area contributed by atoms with E-state index in [2.05, 4.69) is 25.3 Å². The molecule has 2 aromatic heterocycles. The van der Waals surface area contributed by atoms with Crippen molar-refractivity contribution >= 4 is 50.3 Å². The molecule has 3 rings (SSSR count). The van der Waals surface area contributed by atoms with Crippen molar-refractivity contribution in [1.82, 2.24) is 19.9 Å². The van der Waals surface area contributed by atoms with Crippen LogP contribution in [-0.2, 0) is 4.79 Å². The highest BCUT2D eigenvalue weighted by atomic mass is 32.2. The van der Waals surface area contributed by atoms with Gasteiger partial charge in [0.1, 0.15) is 12.1 Å². The van der Waals surface area contributed by atoms with E-state index in [0.717, 1.165) is 16.0 Å². The number of hydrogen-bond donors (Lipinski definition) is 2. The molecule has 3 N–H and O–H groups in total. The number of nitrogens with zero attached hydrogens (tertiary/aromatic N) is 4. The average Bonchev–Trinajstić information content (AvgIpc) is 3.01. The second-order valence-electron chi connectivity index (χ2n) is 5.21. The number of anilines is 2. The number of benzene rings is 1. The number of carbonyl (C=O) groups excluding carboxylic acids is 1. The molecule has 1 atom stereocenters. The maximum Gasteiger partial charge on any atom is 0.239 e. The summed E-state index contributed by atoms with van der Waals surface area (Å²) in [5, 5.41) is 3.48. The summed E-state index contributed by atoms with van der Waals surface area (Å²) in [6.07, 6.45) is 1.94. The second kappa shape index (κ2) is 8.28. The van der Waals surface area contributed by atoms with Crippen molar-refractivity contribution in [2.75, 3.05) is 17.7 Å². The highest BCUT2D eigenvalue weighted by molar-refractivity contribution is 8.00. The Morgan fingerprint density at radius 3 is 2.92 bits per heavy atom. The van der Waals surface area contributed by atoms with E-state index in [1.54, 1.807) is 0 Å². The van der Waals surface area contributed by atoms with Crippen molar-refractivity contribution in [2.45, 2.75) is 30.7 Å². The van der Waals surface area contributed by atoms with Crippen LogP contribution in [0.25, 0.3) is 10.2 Å². The summed E-state index contributed by atoms with van der Waals surface area (Å²) in [7, 11) is 0. The maximum absolute atomic E-state index is 12.6. The van der Waals surface area contributed by atoms with Crippen LogP contribution in [0.15, 0.2) is 29.7 Å². The molecule has 0 aliphatic heterocycles. The number of nitrogens with one attached hydrogen (secondary N) is 1. The molecule has 0 spiro atoms. The molecule has 0 aliphatic carbocycles. The van der Waals surface area contributed by atoms with Crippen molar-refractivity contribution in [3.8, 4) is 5.75 Å². The van der Waals surface area contributed by atoms with Crippen LogP contribution in [0.2, 0.25) is 0 Å². The van der Waals surface area contributed by atoms with E-state index in [0.29, 0.717) is 23.3 Å². The average molecular weight is 390 g/mol. The number of fused-ring (bicyclic) bond motifs is 1. The molecule has 10 heteroatoms. The fourth-order valence-corrected chi connectivity index (χ4v) is 3.94. The van der Waals surface area contributed by atoms with Crippen molar-refractivity contribution in [2.24, 2.45) is 0 Å². The standard InChI is InChI=1S/C16H18N6O2S2/c1-3-11(25-15-19-8-18-14(17)22-15)13(23)21-16-20-10-6-5-9(24-4-2)7-12(10)26-16/h5-8,11H,3-4H2,1-2H3,(H,20,21,23)(H2,17,18,19,22). The predicted molar refractivity (Wildman–Crippen MR) is 104 cm³/mol. The monoisotopic (exact) mass is 390 g/mol. The summed E-state index contributed by atoms with van der Waals surface area (Å²) >= 11 is 2.66. The molecule has 0 bridgehead atoms. The molecule has 0 saturated heterocycles. The van der Waals surface area contributed by atoms with Crippen molar-refractivity contribution in [3.05, 3.63) is 24.5 Å². The van der Waals surface area contributed by atoms with Crippen LogP contribution in [0.1, 0.15) is 20.3 Å². The predicted octanol–water partition coefficient (Wildman–Crippen LogP) is 2.97. The van der Waals surface area contributed by atoms with Crippen molar-refractivity contribution in [1.29, 1.82) is 0 Å². The SMILES string of the molecule is CCOc1ccc2nc(NC(=O)C(CC)Sc3ncnc(N)n3)sc2c1. The molecule has 3 aromatic rings. The van der Waals surface area contributed by atoms with Gasteiger partial charge in [-0.2, -0.15) is 4.98 Å². The van der Waals surface area contributed by atoms with E-state index >= 15 is 0 Å². The Balaban J connectivity index is 1.72. The summed E-state index contributed by atoms with van der Waals surface area (Å²) in [6, 6.07) is 5.67. The third kappa shape index (κ3) is 4.38. The fourth-order valence-electron chi connectivity index (χ4n) is 2.20. The van der Waals surface area contributed by atoms with Gasteiger partial charge in [0.25, 0.3) is 0 Å². The van der Waals surface area contributed by atoms with Crippen LogP contribution in [0.4, 0.5) is 11.1 Å². The van der Waals surface area contributed by atoms with Gasteiger partial charge in [-0.25, -0.2) is 15.0 Å². The van der Waals surface area contributed by atoms with E-state index < -0.39 is 0 Å². The lowest BCUT2D eigenvalue weighted by molar-refractivity contribution is -0.115. The van der Waals surface area contributed by atoms with Gasteiger partial charge in [0.05, 0.1) is 22.1 Å². The minimum atomic E-state index is -0.359. The number of ether oxygens (including phenoxy) is 1. The van der Waals surface area contributed by atoms with E-state index in [9.17, 15) is 4.79 Å². The first-order valence-electron chi connectivity index (χ1n) is 8.04. The summed E-state index contributed by atoms with van der Waals surface area (Å²) in [5.74, 6) is 0.769. The van der Waals surface area contributed by atoms with Gasteiger partial charge in [-0.1, -0.05) is 30.0 Å². The number of amides is 1. The molecule has 1 aromatic carbocycles. The Kier molecular flexibility index (Phi) is 5.84. The number of nitrogens with two attached hydrogens (primary N) is 1. The van der Waals surface area contributed by atoms with E-state index in [-0.39, 0.29) is 17.1 Å². The van der Waals surface area contributed by atoms with Crippen LogP contribution in [0.3, 0.4) is 0 Å². The van der Waals surface area contributed by atoms with Gasteiger partial charge in [0.15, 0.2) is 10.3 Å². The molecule has 0 saturated carbocycles. The normalized spacial score (nSPS) is 12.1. The van der Waals surface area contributed by atoms with Crippen LogP contribution in [0.5, 0.6) is 5.75 Å². The molecule has 1 unspecified atom stereocenters. The van der Waals surface area contributed by atoms with Crippen LogP contribution < -0.4 is 15.8 Å². The molecule has 1 amide bonds. The number of carbonyl (C=O) groups is 1. The minimum absolute atomic E-state index is 0.133. The van der Waals surface area contributed by atoms with Crippen LogP contribution in [-0.4, -0.2) is 37.7 Å². The van der Waals surface area contributed by atoms with Crippen LogP contribution in [0, 0.1) is 0 Å². The van der Waals surface area contributed by atoms with Gasteiger partial charge in [0, 0.05) is 0 Å². The molecular formula is C16H18N6O2S2. The topological polar surface area (TPSA) is 116 Å². The zero-order valence-electron chi connectivity index (χ0n) is 14.3. The summed E-state index contributed by atoms with van der Waals surface area (Å²) < 4.78 is 6.45. The van der Waals surface area contributed by atoms with E-state index in [1.807, 2.05) is 32.0 Å². The lowest BCUT2D eigenvalue weighted by Gasteiger charge is -2.12. The Hall–Kier alpha value is -2.46. The highest BCUT2D eigenvalue weighted by Gasteiger charge is 2.21.